The fraction of sp³-hybridized carbons (Fsp3) is 0. The summed E-state index contributed by atoms with van der Waals surface area (Å²) in [6.45, 7) is 0. The number of rotatable bonds is 2. The Labute approximate surface area is 119 Å². The van der Waals surface area contributed by atoms with E-state index in [4.69, 9.17) is 8.83 Å². The van der Waals surface area contributed by atoms with E-state index < -0.39 is 0 Å². The summed E-state index contributed by atoms with van der Waals surface area (Å²) in [4.78, 5) is 8.39. The zero-order valence-electron chi connectivity index (χ0n) is 10.9. The van der Waals surface area contributed by atoms with Gasteiger partial charge in [-0.3, -0.25) is 0 Å². The Balaban J connectivity index is 1.81. The van der Waals surface area contributed by atoms with Crippen LogP contribution in [0.1, 0.15) is 0 Å². The normalized spacial score (nSPS) is 11.0. The van der Waals surface area contributed by atoms with E-state index in [0.717, 1.165) is 5.56 Å². The maximum absolute atomic E-state index is 10.2. The Bertz CT molecular complexity index is 877. The van der Waals surface area contributed by atoms with Gasteiger partial charge < -0.3 is 13.9 Å². The van der Waals surface area contributed by atoms with Gasteiger partial charge in [-0.1, -0.05) is 6.07 Å². The predicted octanol–water partition coefficient (Wildman–Crippen LogP) is 3.86. The van der Waals surface area contributed by atoms with Gasteiger partial charge in [-0.2, -0.15) is 4.98 Å². The molecule has 1 aromatic carbocycles. The van der Waals surface area contributed by atoms with Crippen LogP contribution in [-0.4, -0.2) is 15.1 Å². The lowest BCUT2D eigenvalue weighted by Crippen LogP contribution is -1.81. The van der Waals surface area contributed by atoms with Crippen LogP contribution in [0.5, 0.6) is 5.75 Å². The van der Waals surface area contributed by atoms with Gasteiger partial charge in [0.15, 0.2) is 11.2 Å². The lowest BCUT2D eigenvalue weighted by Gasteiger charge is -2.02. The summed E-state index contributed by atoms with van der Waals surface area (Å²) in [7, 11) is 0. The molecule has 0 unspecified atom stereocenters. The van der Waals surface area contributed by atoms with Crippen LogP contribution in [0.4, 0.5) is 0 Å². The second-order valence-corrected chi connectivity index (χ2v) is 4.55. The maximum atomic E-state index is 10.2. The molecule has 3 aromatic heterocycles. The fourth-order valence-electron chi connectivity index (χ4n) is 2.19. The molecule has 21 heavy (non-hydrogen) atoms. The number of aromatic nitrogens is 2. The second-order valence-electron chi connectivity index (χ2n) is 4.55. The van der Waals surface area contributed by atoms with Crippen LogP contribution in [0.25, 0.3) is 34.0 Å². The predicted molar refractivity (Wildman–Crippen MR) is 76.6 cm³/mol. The topological polar surface area (TPSA) is 72.3 Å². The van der Waals surface area contributed by atoms with E-state index in [9.17, 15) is 5.11 Å². The molecule has 0 fully saturated rings. The number of hydrogen-bond acceptors (Lipinski definition) is 5. The van der Waals surface area contributed by atoms with Gasteiger partial charge in [-0.25, -0.2) is 4.98 Å². The zero-order valence-corrected chi connectivity index (χ0v) is 10.9. The van der Waals surface area contributed by atoms with Crippen molar-refractivity contribution >= 4 is 11.2 Å². The molecular weight excluding hydrogens is 268 g/mol. The summed E-state index contributed by atoms with van der Waals surface area (Å²) in [6.07, 6.45) is 3.24. The van der Waals surface area contributed by atoms with Crippen LogP contribution in [-0.2, 0) is 0 Å². The highest BCUT2D eigenvalue weighted by Crippen LogP contribution is 2.34. The molecule has 3 heterocycles. The molecule has 1 N–H and O–H groups in total. The molecule has 0 aliphatic heterocycles. The lowest BCUT2D eigenvalue weighted by atomic mass is 10.1. The molecule has 4 rings (SSSR count). The van der Waals surface area contributed by atoms with Gasteiger partial charge in [0.05, 0.1) is 11.8 Å². The van der Waals surface area contributed by atoms with Crippen molar-refractivity contribution in [1.29, 1.82) is 0 Å². The van der Waals surface area contributed by atoms with Gasteiger partial charge in [-0.15, -0.1) is 0 Å². The molecule has 0 aliphatic carbocycles. The van der Waals surface area contributed by atoms with Gasteiger partial charge in [0, 0.05) is 11.8 Å². The SMILES string of the molecule is Oc1cc(-c2ccco2)ccc1-c1nc2ncccc2o1. The standard InChI is InChI=1S/C16H10N2O3/c19-12-9-10(13-4-2-8-20-13)5-6-11(12)16-18-15-14(21-16)3-1-7-17-15/h1-9,19H. The minimum Gasteiger partial charge on any atom is -0.507 e. The van der Waals surface area contributed by atoms with Gasteiger partial charge in [0.2, 0.25) is 5.89 Å². The minimum absolute atomic E-state index is 0.0791. The number of hydrogen-bond donors (Lipinski definition) is 1. The highest BCUT2D eigenvalue weighted by atomic mass is 16.4. The van der Waals surface area contributed by atoms with Crippen LogP contribution in [0, 0.1) is 0 Å². The van der Waals surface area contributed by atoms with Crippen molar-refractivity contribution in [3.63, 3.8) is 0 Å². The molecule has 0 bridgehead atoms. The first-order valence-corrected chi connectivity index (χ1v) is 6.40. The van der Waals surface area contributed by atoms with Crippen molar-refractivity contribution in [3.05, 3.63) is 54.9 Å². The highest BCUT2D eigenvalue weighted by Gasteiger charge is 2.14. The number of furan rings is 1. The molecule has 0 saturated carbocycles. The number of phenols is 1. The smallest absolute Gasteiger partial charge is 0.232 e. The van der Waals surface area contributed by atoms with E-state index in [1.54, 1.807) is 42.8 Å². The van der Waals surface area contributed by atoms with E-state index >= 15 is 0 Å². The van der Waals surface area contributed by atoms with Crippen LogP contribution < -0.4 is 0 Å². The fourth-order valence-corrected chi connectivity index (χ4v) is 2.19. The Morgan fingerprint density at radius 1 is 1.05 bits per heavy atom. The molecule has 0 spiro atoms. The molecule has 0 atom stereocenters. The van der Waals surface area contributed by atoms with Gasteiger partial charge in [-0.05, 0) is 36.4 Å². The number of aromatic hydroxyl groups is 1. The zero-order chi connectivity index (χ0) is 14.2. The van der Waals surface area contributed by atoms with Crippen molar-refractivity contribution < 1.29 is 13.9 Å². The molecule has 0 amide bonds. The molecule has 102 valence electrons. The molecule has 4 aromatic rings. The molecule has 5 heteroatoms. The van der Waals surface area contributed by atoms with Crippen molar-refractivity contribution in [1.82, 2.24) is 9.97 Å². The quantitative estimate of drug-likeness (QED) is 0.602. The number of fused-ring (bicyclic) bond motifs is 1. The summed E-state index contributed by atoms with van der Waals surface area (Å²) in [5, 5.41) is 10.2. The summed E-state index contributed by atoms with van der Waals surface area (Å²) in [5.74, 6) is 1.11. The maximum Gasteiger partial charge on any atom is 0.232 e. The van der Waals surface area contributed by atoms with Crippen LogP contribution in [0.3, 0.4) is 0 Å². The molecule has 0 radical (unpaired) electrons. The van der Waals surface area contributed by atoms with E-state index in [-0.39, 0.29) is 5.75 Å². The van der Waals surface area contributed by atoms with Crippen LogP contribution in [0.2, 0.25) is 0 Å². The van der Waals surface area contributed by atoms with Crippen molar-refractivity contribution in [2.45, 2.75) is 0 Å². The Morgan fingerprint density at radius 3 is 2.76 bits per heavy atom. The third-order valence-electron chi connectivity index (χ3n) is 3.20. The monoisotopic (exact) mass is 278 g/mol. The summed E-state index contributed by atoms with van der Waals surface area (Å²) in [5.41, 5.74) is 2.41. The van der Waals surface area contributed by atoms with Crippen molar-refractivity contribution in [2.24, 2.45) is 0 Å². The van der Waals surface area contributed by atoms with Crippen LogP contribution >= 0.6 is 0 Å². The number of oxazole rings is 1. The number of nitrogens with zero attached hydrogens (tertiary/aromatic N) is 2. The first kappa shape index (κ1) is 11.7. The average molecular weight is 278 g/mol. The van der Waals surface area contributed by atoms with Gasteiger partial charge in [0.25, 0.3) is 0 Å². The summed E-state index contributed by atoms with van der Waals surface area (Å²) >= 11 is 0. The summed E-state index contributed by atoms with van der Waals surface area (Å²) < 4.78 is 10.9. The van der Waals surface area contributed by atoms with E-state index in [2.05, 4.69) is 9.97 Å². The van der Waals surface area contributed by atoms with Crippen molar-refractivity contribution in [3.8, 4) is 28.5 Å². The van der Waals surface area contributed by atoms with Crippen LogP contribution in [0.15, 0.2) is 63.8 Å². The summed E-state index contributed by atoms with van der Waals surface area (Å²) in [6, 6.07) is 12.4. The number of pyridine rings is 1. The number of benzene rings is 1. The minimum atomic E-state index is 0.0791. The lowest BCUT2D eigenvalue weighted by molar-refractivity contribution is 0.474. The van der Waals surface area contributed by atoms with Crippen molar-refractivity contribution in [2.75, 3.05) is 0 Å². The Kier molecular flexibility index (Phi) is 2.50. The average Bonchev–Trinajstić information content (AvgIpc) is 3.16. The molecular formula is C16H10N2O3. The first-order chi connectivity index (χ1) is 10.3. The molecule has 5 nitrogen and oxygen atoms in total. The molecule has 0 saturated heterocycles. The second kappa shape index (κ2) is 4.49. The van der Waals surface area contributed by atoms with Gasteiger partial charge >= 0.3 is 0 Å². The third-order valence-corrected chi connectivity index (χ3v) is 3.20. The number of phenolic OH excluding ortho intramolecular Hbond substituents is 1. The largest absolute Gasteiger partial charge is 0.507 e. The first-order valence-electron chi connectivity index (χ1n) is 6.40. The third kappa shape index (κ3) is 1.95. The molecule has 0 aliphatic rings. The Morgan fingerprint density at radius 2 is 2.00 bits per heavy atom. The van der Waals surface area contributed by atoms with E-state index in [1.165, 1.54) is 0 Å². The van der Waals surface area contributed by atoms with E-state index in [1.807, 2.05) is 12.1 Å². The van der Waals surface area contributed by atoms with E-state index in [0.29, 0.717) is 28.4 Å². The van der Waals surface area contributed by atoms with Gasteiger partial charge in [0.1, 0.15) is 11.5 Å². The highest BCUT2D eigenvalue weighted by molar-refractivity contribution is 5.76. The Hall–Kier alpha value is -3.08.